The summed E-state index contributed by atoms with van der Waals surface area (Å²) in [5.41, 5.74) is 0.970. The minimum atomic E-state index is 0.103. The third-order valence-corrected chi connectivity index (χ3v) is 5.33. The van der Waals surface area contributed by atoms with E-state index < -0.39 is 0 Å². The zero-order valence-corrected chi connectivity index (χ0v) is 14.4. The van der Waals surface area contributed by atoms with Gasteiger partial charge in [-0.05, 0) is 6.07 Å². The Kier molecular flexibility index (Phi) is 5.23. The normalized spacial score (nSPS) is 10.8. The van der Waals surface area contributed by atoms with Crippen LogP contribution in [-0.2, 0) is 0 Å². The van der Waals surface area contributed by atoms with Gasteiger partial charge in [-0.1, -0.05) is 81.7 Å². The van der Waals surface area contributed by atoms with Crippen molar-refractivity contribution in [3.8, 4) is 16.9 Å². The second-order valence-electron chi connectivity index (χ2n) is 3.77. The number of rotatable bonds is 2. The van der Waals surface area contributed by atoms with Crippen LogP contribution < -0.4 is 4.74 Å². The van der Waals surface area contributed by atoms with E-state index in [1.807, 2.05) is 0 Å². The van der Waals surface area contributed by atoms with Crippen LogP contribution in [-0.4, -0.2) is 7.11 Å². The van der Waals surface area contributed by atoms with Gasteiger partial charge < -0.3 is 4.74 Å². The number of ether oxygens (including phenoxy) is 1. The highest BCUT2D eigenvalue weighted by Crippen LogP contribution is 2.50. The molecule has 0 saturated heterocycles. The molecule has 0 aliphatic rings. The standard InChI is InChI=1S/C13H6Cl6O/c1-20-6-4-2-3-5(8(6)14)7-9(15)11(17)13(19)12(18)10(7)16/h2-4H,1H3. The van der Waals surface area contributed by atoms with Gasteiger partial charge in [0.25, 0.3) is 0 Å². The van der Waals surface area contributed by atoms with Crippen molar-refractivity contribution in [2.45, 2.75) is 0 Å². The van der Waals surface area contributed by atoms with Crippen molar-refractivity contribution in [2.24, 2.45) is 0 Å². The molecular weight excluding hydrogens is 385 g/mol. The molecule has 0 unspecified atom stereocenters. The van der Waals surface area contributed by atoms with Crippen LogP contribution in [0.3, 0.4) is 0 Å². The fourth-order valence-electron chi connectivity index (χ4n) is 1.70. The molecule has 0 N–H and O–H groups in total. The fraction of sp³-hybridized carbons (Fsp3) is 0.0769. The second kappa shape index (κ2) is 6.39. The van der Waals surface area contributed by atoms with Crippen molar-refractivity contribution in [3.05, 3.63) is 48.3 Å². The molecule has 0 aliphatic carbocycles. The van der Waals surface area contributed by atoms with Crippen molar-refractivity contribution < 1.29 is 4.74 Å². The highest BCUT2D eigenvalue weighted by atomic mass is 35.5. The molecule has 0 amide bonds. The van der Waals surface area contributed by atoms with Crippen molar-refractivity contribution in [2.75, 3.05) is 7.11 Å². The van der Waals surface area contributed by atoms with Crippen LogP contribution in [0.2, 0.25) is 30.1 Å². The molecule has 0 aromatic heterocycles. The molecule has 0 aliphatic heterocycles. The first-order valence-electron chi connectivity index (χ1n) is 5.24. The first-order valence-corrected chi connectivity index (χ1v) is 7.51. The van der Waals surface area contributed by atoms with Gasteiger partial charge in [-0.15, -0.1) is 0 Å². The van der Waals surface area contributed by atoms with Crippen LogP contribution in [0.5, 0.6) is 5.75 Å². The van der Waals surface area contributed by atoms with E-state index in [2.05, 4.69) is 0 Å². The zero-order chi connectivity index (χ0) is 15.0. The van der Waals surface area contributed by atoms with Crippen molar-refractivity contribution >= 4 is 69.6 Å². The lowest BCUT2D eigenvalue weighted by Gasteiger charge is -2.15. The predicted molar refractivity (Wildman–Crippen MR) is 88.5 cm³/mol. The number of hydrogen-bond acceptors (Lipinski definition) is 1. The zero-order valence-electron chi connectivity index (χ0n) is 9.91. The van der Waals surface area contributed by atoms with E-state index in [9.17, 15) is 0 Å². The summed E-state index contributed by atoms with van der Waals surface area (Å²) in [4.78, 5) is 0. The average molecular weight is 391 g/mol. The quantitative estimate of drug-likeness (QED) is 0.386. The lowest BCUT2D eigenvalue weighted by Crippen LogP contribution is -1.90. The first-order chi connectivity index (χ1) is 9.40. The summed E-state index contributed by atoms with van der Waals surface area (Å²) in [6, 6.07) is 5.20. The monoisotopic (exact) mass is 388 g/mol. The van der Waals surface area contributed by atoms with Crippen LogP contribution in [0.4, 0.5) is 0 Å². The van der Waals surface area contributed by atoms with Crippen LogP contribution in [0, 0.1) is 0 Å². The Morgan fingerprint density at radius 3 is 1.70 bits per heavy atom. The molecule has 20 heavy (non-hydrogen) atoms. The van der Waals surface area contributed by atoms with Crippen LogP contribution in [0.15, 0.2) is 18.2 Å². The first kappa shape index (κ1) is 16.4. The summed E-state index contributed by atoms with van der Waals surface area (Å²) >= 11 is 36.8. The van der Waals surface area contributed by atoms with E-state index in [-0.39, 0.29) is 25.1 Å². The summed E-state index contributed by atoms with van der Waals surface area (Å²) in [7, 11) is 1.51. The Morgan fingerprint density at radius 2 is 1.20 bits per heavy atom. The summed E-state index contributed by atoms with van der Waals surface area (Å²) in [6.45, 7) is 0. The van der Waals surface area contributed by atoms with Gasteiger partial charge in [-0.25, -0.2) is 0 Å². The number of benzene rings is 2. The third kappa shape index (κ3) is 2.68. The average Bonchev–Trinajstić information content (AvgIpc) is 2.45. The smallest absolute Gasteiger partial charge is 0.138 e. The van der Waals surface area contributed by atoms with E-state index in [1.165, 1.54) is 7.11 Å². The second-order valence-corrected chi connectivity index (χ2v) is 6.03. The van der Waals surface area contributed by atoms with Crippen LogP contribution >= 0.6 is 69.6 Å². The maximum Gasteiger partial charge on any atom is 0.138 e. The highest BCUT2D eigenvalue weighted by molar-refractivity contribution is 6.56. The number of methoxy groups -OCH3 is 1. The molecule has 7 heteroatoms. The van der Waals surface area contributed by atoms with E-state index >= 15 is 0 Å². The van der Waals surface area contributed by atoms with E-state index in [4.69, 9.17) is 74.3 Å². The maximum atomic E-state index is 6.27. The molecule has 106 valence electrons. The minimum Gasteiger partial charge on any atom is -0.495 e. The van der Waals surface area contributed by atoms with Gasteiger partial charge >= 0.3 is 0 Å². The predicted octanol–water partition coefficient (Wildman–Crippen LogP) is 7.28. The summed E-state index contributed by atoms with van der Waals surface area (Å²) in [5, 5.41) is 1.06. The molecule has 0 atom stereocenters. The Labute approximate surface area is 146 Å². The Hall–Kier alpha value is -0.0200. The molecule has 0 spiro atoms. The van der Waals surface area contributed by atoms with Gasteiger partial charge in [0.1, 0.15) is 5.75 Å². The SMILES string of the molecule is COc1cccc(-c2c(Cl)c(Cl)c(Cl)c(Cl)c2Cl)c1Cl. The maximum absolute atomic E-state index is 6.27. The molecule has 0 fully saturated rings. The molecule has 2 aromatic rings. The molecule has 0 heterocycles. The lowest BCUT2D eigenvalue weighted by atomic mass is 10.0. The van der Waals surface area contributed by atoms with Gasteiger partial charge in [0.2, 0.25) is 0 Å². The number of hydrogen-bond donors (Lipinski definition) is 0. The summed E-state index contributed by atoms with van der Waals surface area (Å²) in [6.07, 6.45) is 0. The Balaban J connectivity index is 2.84. The van der Waals surface area contributed by atoms with E-state index in [1.54, 1.807) is 18.2 Å². The van der Waals surface area contributed by atoms with Gasteiger partial charge in [0.15, 0.2) is 0 Å². The molecule has 2 rings (SSSR count). The molecule has 1 nitrogen and oxygen atoms in total. The summed E-state index contributed by atoms with van der Waals surface area (Å²) in [5.74, 6) is 0.485. The van der Waals surface area contributed by atoms with Gasteiger partial charge in [-0.3, -0.25) is 0 Å². The van der Waals surface area contributed by atoms with E-state index in [0.29, 0.717) is 21.9 Å². The van der Waals surface area contributed by atoms with Gasteiger partial charge in [0, 0.05) is 11.1 Å². The van der Waals surface area contributed by atoms with Crippen LogP contribution in [0.25, 0.3) is 11.1 Å². The molecular formula is C13H6Cl6O. The third-order valence-electron chi connectivity index (χ3n) is 2.66. The molecule has 0 saturated carbocycles. The topological polar surface area (TPSA) is 9.23 Å². The molecule has 0 bridgehead atoms. The van der Waals surface area contributed by atoms with Crippen molar-refractivity contribution in [1.29, 1.82) is 0 Å². The van der Waals surface area contributed by atoms with E-state index in [0.717, 1.165) is 0 Å². The molecule has 0 radical (unpaired) electrons. The Bertz CT molecular complexity index is 654. The Morgan fingerprint density at radius 1 is 0.700 bits per heavy atom. The molecule has 2 aromatic carbocycles. The lowest BCUT2D eigenvalue weighted by molar-refractivity contribution is 0.415. The van der Waals surface area contributed by atoms with Crippen molar-refractivity contribution in [1.82, 2.24) is 0 Å². The fourth-order valence-corrected chi connectivity index (χ4v) is 3.34. The largest absolute Gasteiger partial charge is 0.495 e. The number of halogens is 6. The summed E-state index contributed by atoms with van der Waals surface area (Å²) < 4.78 is 5.16. The van der Waals surface area contributed by atoms with Gasteiger partial charge in [-0.2, -0.15) is 0 Å². The van der Waals surface area contributed by atoms with Crippen LogP contribution in [0.1, 0.15) is 0 Å². The van der Waals surface area contributed by atoms with Gasteiger partial charge in [0.05, 0.1) is 37.2 Å². The minimum absolute atomic E-state index is 0.103. The van der Waals surface area contributed by atoms with Crippen molar-refractivity contribution in [3.63, 3.8) is 0 Å². The highest BCUT2D eigenvalue weighted by Gasteiger charge is 2.22.